The Hall–Kier alpha value is -1.68. The molecule has 1 atom stereocenters. The Morgan fingerprint density at radius 2 is 1.79 bits per heavy atom. The number of nitrogens with one attached hydrogen (secondary N) is 1. The first-order chi connectivity index (χ1) is 13.1. The Morgan fingerprint density at radius 3 is 2.43 bits per heavy atom. The van der Waals surface area contributed by atoms with Gasteiger partial charge in [0.25, 0.3) is 10.0 Å². The third kappa shape index (κ3) is 4.32. The fraction of sp³-hybridized carbons (Fsp3) is 0.333. The van der Waals surface area contributed by atoms with Gasteiger partial charge in [-0.15, -0.1) is 0 Å². The third-order valence-electron chi connectivity index (χ3n) is 4.57. The minimum absolute atomic E-state index is 0.0819. The van der Waals surface area contributed by atoms with Crippen molar-refractivity contribution >= 4 is 37.3 Å². The lowest BCUT2D eigenvalue weighted by atomic mass is 10.0. The lowest BCUT2D eigenvalue weighted by Gasteiger charge is -2.30. The van der Waals surface area contributed by atoms with Crippen molar-refractivity contribution < 1.29 is 21.2 Å². The Morgan fingerprint density at radius 1 is 1.11 bits per heavy atom. The molecule has 2 aromatic rings. The summed E-state index contributed by atoms with van der Waals surface area (Å²) in [6, 6.07) is 9.01. The van der Waals surface area contributed by atoms with E-state index < -0.39 is 30.8 Å². The maximum atomic E-state index is 14.0. The Balaban J connectivity index is 1.82. The molecule has 1 aliphatic heterocycles. The topological polar surface area (TPSA) is 83.6 Å². The summed E-state index contributed by atoms with van der Waals surface area (Å²) >= 11 is 5.64. The zero-order valence-electron chi connectivity index (χ0n) is 15.1. The van der Waals surface area contributed by atoms with Crippen molar-refractivity contribution in [1.29, 1.82) is 0 Å². The quantitative estimate of drug-likeness (QED) is 0.759. The van der Waals surface area contributed by atoms with Crippen molar-refractivity contribution in [2.45, 2.75) is 29.6 Å². The average molecular weight is 447 g/mol. The second-order valence-corrected chi connectivity index (χ2v) is 10.8. The van der Waals surface area contributed by atoms with Crippen LogP contribution in [0.4, 0.5) is 10.1 Å². The first-order valence-electron chi connectivity index (χ1n) is 8.68. The largest absolute Gasteiger partial charge is 0.280 e. The molecule has 0 radical (unpaired) electrons. The van der Waals surface area contributed by atoms with E-state index >= 15 is 0 Å². The van der Waals surface area contributed by atoms with E-state index in [-0.39, 0.29) is 15.6 Å². The zero-order valence-corrected chi connectivity index (χ0v) is 17.5. The number of anilines is 1. The van der Waals surface area contributed by atoms with E-state index in [1.54, 1.807) is 0 Å². The molecular weight excluding hydrogens is 427 g/mol. The van der Waals surface area contributed by atoms with Gasteiger partial charge in [0, 0.05) is 18.8 Å². The molecule has 2 aromatic carbocycles. The van der Waals surface area contributed by atoms with Crippen LogP contribution in [0.25, 0.3) is 0 Å². The van der Waals surface area contributed by atoms with Gasteiger partial charge in [0.2, 0.25) is 10.0 Å². The second-order valence-electron chi connectivity index (χ2n) is 6.79. The molecule has 28 heavy (non-hydrogen) atoms. The fourth-order valence-corrected chi connectivity index (χ4v) is 6.10. The third-order valence-corrected chi connectivity index (χ3v) is 8.14. The molecular formula is C18H20ClFN2O4S2. The van der Waals surface area contributed by atoms with Crippen LogP contribution in [0, 0.1) is 11.7 Å². The van der Waals surface area contributed by atoms with Crippen LogP contribution in [-0.4, -0.2) is 34.2 Å². The predicted molar refractivity (Wildman–Crippen MR) is 106 cm³/mol. The maximum absolute atomic E-state index is 14.0. The summed E-state index contributed by atoms with van der Waals surface area (Å²) in [4.78, 5) is -0.502. The summed E-state index contributed by atoms with van der Waals surface area (Å²) in [6.07, 6.45) is 1.80. The van der Waals surface area contributed by atoms with Crippen LogP contribution in [0.15, 0.2) is 52.3 Å². The molecule has 0 amide bonds. The normalized spacial score (nSPS) is 18.8. The molecule has 0 bridgehead atoms. The molecule has 1 heterocycles. The van der Waals surface area contributed by atoms with Crippen LogP contribution >= 0.6 is 11.6 Å². The van der Waals surface area contributed by atoms with E-state index in [1.165, 1.54) is 40.7 Å². The first kappa shape index (κ1) is 21.0. The number of sulfonamides is 2. The molecule has 1 unspecified atom stereocenters. The van der Waals surface area contributed by atoms with Crippen molar-refractivity contribution in [3.8, 4) is 0 Å². The lowest BCUT2D eigenvalue weighted by molar-refractivity contribution is 0.281. The van der Waals surface area contributed by atoms with E-state index in [2.05, 4.69) is 4.72 Å². The first-order valence-corrected chi connectivity index (χ1v) is 12.0. The molecule has 10 heteroatoms. The lowest BCUT2D eigenvalue weighted by Crippen LogP contribution is -2.39. The molecule has 0 aromatic heterocycles. The number of hydrogen-bond donors (Lipinski definition) is 1. The van der Waals surface area contributed by atoms with Crippen molar-refractivity contribution in [2.24, 2.45) is 5.92 Å². The van der Waals surface area contributed by atoms with Crippen LogP contribution in [-0.2, 0) is 20.0 Å². The molecule has 0 aliphatic carbocycles. The van der Waals surface area contributed by atoms with Crippen molar-refractivity contribution in [3.05, 3.63) is 53.3 Å². The minimum atomic E-state index is -4.21. The molecule has 1 aliphatic rings. The van der Waals surface area contributed by atoms with E-state index in [0.29, 0.717) is 19.0 Å². The molecule has 1 fully saturated rings. The molecule has 1 saturated heterocycles. The van der Waals surface area contributed by atoms with Crippen molar-refractivity contribution in [2.75, 3.05) is 17.8 Å². The van der Waals surface area contributed by atoms with E-state index in [9.17, 15) is 21.2 Å². The van der Waals surface area contributed by atoms with Gasteiger partial charge in [-0.05, 0) is 55.2 Å². The van der Waals surface area contributed by atoms with Gasteiger partial charge in [-0.3, -0.25) is 4.72 Å². The number of piperidine rings is 1. The van der Waals surface area contributed by atoms with E-state index in [4.69, 9.17) is 11.6 Å². The molecule has 3 rings (SSSR count). The standard InChI is InChI=1S/C18H20ClFN2O4S2/c1-13-4-3-11-22(12-13)28(25,26)15-9-7-14(8-10-15)21-27(23,24)17-6-2-5-16(19)18(17)20/h2,5-10,13,21H,3-4,11-12H2,1H3. The van der Waals surface area contributed by atoms with Gasteiger partial charge >= 0.3 is 0 Å². The smallest absolute Gasteiger partial charge is 0.264 e. The summed E-state index contributed by atoms with van der Waals surface area (Å²) < 4.78 is 68.0. The highest BCUT2D eigenvalue weighted by atomic mass is 35.5. The highest BCUT2D eigenvalue weighted by molar-refractivity contribution is 7.92. The van der Waals surface area contributed by atoms with Gasteiger partial charge < -0.3 is 0 Å². The number of nitrogens with zero attached hydrogens (tertiary/aromatic N) is 1. The summed E-state index contributed by atoms with van der Waals surface area (Å²) in [7, 11) is -7.85. The molecule has 6 nitrogen and oxygen atoms in total. The summed E-state index contributed by atoms with van der Waals surface area (Å²) in [5, 5.41) is -0.305. The summed E-state index contributed by atoms with van der Waals surface area (Å²) in [6.45, 7) is 2.94. The number of halogens is 2. The number of hydrogen-bond acceptors (Lipinski definition) is 4. The fourth-order valence-electron chi connectivity index (χ4n) is 3.11. The van der Waals surface area contributed by atoms with Crippen molar-refractivity contribution in [1.82, 2.24) is 4.31 Å². The van der Waals surface area contributed by atoms with E-state index in [1.807, 2.05) is 6.92 Å². The van der Waals surface area contributed by atoms with Crippen molar-refractivity contribution in [3.63, 3.8) is 0 Å². The van der Waals surface area contributed by atoms with Gasteiger partial charge in [-0.2, -0.15) is 4.31 Å². The highest BCUT2D eigenvalue weighted by Crippen LogP contribution is 2.26. The summed E-state index contributed by atoms with van der Waals surface area (Å²) in [5.41, 5.74) is 0.116. The van der Waals surface area contributed by atoms with E-state index in [0.717, 1.165) is 18.9 Å². The Bertz CT molecular complexity index is 1070. The SMILES string of the molecule is CC1CCCN(S(=O)(=O)c2ccc(NS(=O)(=O)c3cccc(Cl)c3F)cc2)C1. The Kier molecular flexibility index (Phi) is 6.00. The van der Waals surface area contributed by atoms with Gasteiger partial charge in [0.05, 0.1) is 9.92 Å². The van der Waals surface area contributed by atoms with Crippen LogP contribution < -0.4 is 4.72 Å². The molecule has 152 valence electrons. The second kappa shape index (κ2) is 7.98. The Labute approximate surface area is 169 Å². The molecule has 1 N–H and O–H groups in total. The minimum Gasteiger partial charge on any atom is -0.280 e. The predicted octanol–water partition coefficient (Wildman–Crippen LogP) is 3.70. The van der Waals surface area contributed by atoms with Crippen LogP contribution in [0.1, 0.15) is 19.8 Å². The van der Waals surface area contributed by atoms with Crippen LogP contribution in [0.3, 0.4) is 0 Å². The van der Waals surface area contributed by atoms with Crippen LogP contribution in [0.2, 0.25) is 5.02 Å². The number of benzene rings is 2. The zero-order chi connectivity index (χ0) is 20.5. The maximum Gasteiger partial charge on any atom is 0.264 e. The van der Waals surface area contributed by atoms with Gasteiger partial charge in [-0.1, -0.05) is 24.6 Å². The molecule has 0 saturated carbocycles. The van der Waals surface area contributed by atoms with Gasteiger partial charge in [0.15, 0.2) is 5.82 Å². The number of rotatable bonds is 5. The average Bonchev–Trinajstić information content (AvgIpc) is 2.64. The van der Waals surface area contributed by atoms with Gasteiger partial charge in [-0.25, -0.2) is 21.2 Å². The van der Waals surface area contributed by atoms with Gasteiger partial charge in [0.1, 0.15) is 4.90 Å². The highest BCUT2D eigenvalue weighted by Gasteiger charge is 2.28. The monoisotopic (exact) mass is 446 g/mol. The molecule has 0 spiro atoms. The summed E-state index contributed by atoms with van der Waals surface area (Å²) in [5.74, 6) is -0.753. The van der Waals surface area contributed by atoms with Crippen LogP contribution in [0.5, 0.6) is 0 Å².